The van der Waals surface area contributed by atoms with Gasteiger partial charge in [0.1, 0.15) is 0 Å². The number of sulfone groups is 1. The Morgan fingerprint density at radius 2 is 1.75 bits per heavy atom. The molecule has 0 atom stereocenters. The van der Waals surface area contributed by atoms with Gasteiger partial charge in [0.25, 0.3) is 0 Å². The highest BCUT2D eigenvalue weighted by Crippen LogP contribution is 2.06. The number of hydrogen-bond acceptors (Lipinski definition) is 3. The van der Waals surface area contributed by atoms with E-state index in [4.69, 9.17) is 5.73 Å². The number of rotatable bonds is 5. The predicted octanol–water partition coefficient (Wildman–Crippen LogP) is 0.899. The third-order valence-corrected chi connectivity index (χ3v) is 3.49. The van der Waals surface area contributed by atoms with E-state index in [9.17, 15) is 13.2 Å². The molecule has 90 valence electrons. The molecule has 0 spiro atoms. The summed E-state index contributed by atoms with van der Waals surface area (Å²) in [6, 6.07) is 8.85. The monoisotopic (exact) mass is 263 g/mol. The normalized spacial score (nSPS) is 10.5. The van der Waals surface area contributed by atoms with Crippen molar-refractivity contribution < 1.29 is 13.2 Å². The fraction of sp³-hybridized carbons (Fsp3) is 0.300. The molecule has 0 aliphatic carbocycles. The lowest BCUT2D eigenvalue weighted by Gasteiger charge is -2.02. The van der Waals surface area contributed by atoms with Crippen LogP contribution in [0.25, 0.3) is 0 Å². The Bertz CT molecular complexity index is 431. The molecule has 0 heterocycles. The highest BCUT2D eigenvalue weighted by Gasteiger charge is 2.12. The van der Waals surface area contributed by atoms with Crippen LogP contribution in [-0.2, 0) is 20.4 Å². The van der Waals surface area contributed by atoms with Crippen LogP contribution in [0.1, 0.15) is 12.0 Å². The first-order valence-corrected chi connectivity index (χ1v) is 6.34. The molecular weight excluding hydrogens is 250 g/mol. The molecule has 0 aromatic heterocycles. The van der Waals surface area contributed by atoms with E-state index >= 15 is 0 Å². The summed E-state index contributed by atoms with van der Waals surface area (Å²) in [6.45, 7) is 0. The van der Waals surface area contributed by atoms with Crippen LogP contribution in [0.5, 0.6) is 0 Å². The number of amides is 1. The van der Waals surface area contributed by atoms with E-state index in [2.05, 4.69) is 0 Å². The van der Waals surface area contributed by atoms with Crippen LogP contribution < -0.4 is 5.73 Å². The first kappa shape index (κ1) is 14.9. The van der Waals surface area contributed by atoms with Crippen LogP contribution >= 0.6 is 12.4 Å². The van der Waals surface area contributed by atoms with Gasteiger partial charge in [0.05, 0.1) is 11.5 Å². The summed E-state index contributed by atoms with van der Waals surface area (Å²) in [5.41, 5.74) is 5.61. The van der Waals surface area contributed by atoms with Crippen molar-refractivity contribution >= 4 is 28.2 Å². The fourth-order valence-electron chi connectivity index (χ4n) is 1.16. The molecule has 0 saturated carbocycles. The summed E-state index contributed by atoms with van der Waals surface area (Å²) in [5, 5.41) is 0. The van der Waals surface area contributed by atoms with Gasteiger partial charge in [0.15, 0.2) is 9.84 Å². The number of carbonyl (C=O) groups excluding carboxylic acids is 1. The Labute approximate surface area is 101 Å². The van der Waals surface area contributed by atoms with Gasteiger partial charge >= 0.3 is 0 Å². The van der Waals surface area contributed by atoms with Crippen LogP contribution in [0, 0.1) is 0 Å². The fourth-order valence-corrected chi connectivity index (χ4v) is 2.51. The van der Waals surface area contributed by atoms with E-state index in [-0.39, 0.29) is 30.3 Å². The SMILES string of the molecule is Cl.NC(=O)CCS(=O)(=O)Cc1ccccc1. The third-order valence-electron chi connectivity index (χ3n) is 1.89. The zero-order valence-corrected chi connectivity index (χ0v) is 10.3. The van der Waals surface area contributed by atoms with Crippen molar-refractivity contribution in [3.8, 4) is 0 Å². The molecule has 1 aromatic rings. The van der Waals surface area contributed by atoms with Gasteiger partial charge in [-0.05, 0) is 5.56 Å². The maximum absolute atomic E-state index is 11.5. The zero-order chi connectivity index (χ0) is 11.3. The quantitative estimate of drug-likeness (QED) is 0.857. The average Bonchev–Trinajstić information content (AvgIpc) is 2.16. The Morgan fingerprint density at radius 1 is 1.19 bits per heavy atom. The molecule has 1 amide bonds. The van der Waals surface area contributed by atoms with E-state index in [1.54, 1.807) is 24.3 Å². The van der Waals surface area contributed by atoms with Gasteiger partial charge < -0.3 is 5.73 Å². The average molecular weight is 264 g/mol. The minimum atomic E-state index is -3.23. The smallest absolute Gasteiger partial charge is 0.218 e. The molecule has 0 fully saturated rings. The number of nitrogens with two attached hydrogens (primary N) is 1. The topological polar surface area (TPSA) is 77.2 Å². The standard InChI is InChI=1S/C10H13NO3S.ClH/c11-10(12)6-7-15(13,14)8-9-4-2-1-3-5-9;/h1-5H,6-8H2,(H2,11,12);1H. The maximum atomic E-state index is 11.5. The van der Waals surface area contributed by atoms with Crippen molar-refractivity contribution in [3.05, 3.63) is 35.9 Å². The lowest BCUT2D eigenvalue weighted by molar-refractivity contribution is -0.117. The molecule has 0 unspecified atom stereocenters. The number of halogens is 1. The summed E-state index contributed by atoms with van der Waals surface area (Å²) < 4.78 is 23.0. The van der Waals surface area contributed by atoms with Gasteiger partial charge in [-0.15, -0.1) is 12.4 Å². The Hall–Kier alpha value is -1.07. The molecule has 0 bridgehead atoms. The number of hydrogen-bond donors (Lipinski definition) is 1. The predicted molar refractivity (Wildman–Crippen MR) is 65.0 cm³/mol. The molecule has 0 aliphatic heterocycles. The number of primary amides is 1. The van der Waals surface area contributed by atoms with Crippen LogP contribution in [0.4, 0.5) is 0 Å². The molecule has 6 heteroatoms. The van der Waals surface area contributed by atoms with E-state index in [0.29, 0.717) is 0 Å². The minimum absolute atomic E-state index is 0. The minimum Gasteiger partial charge on any atom is -0.370 e. The lowest BCUT2D eigenvalue weighted by Crippen LogP contribution is -2.18. The molecule has 1 rings (SSSR count). The second-order valence-corrected chi connectivity index (χ2v) is 5.48. The second kappa shape index (κ2) is 6.50. The molecule has 0 saturated heterocycles. The van der Waals surface area contributed by atoms with Gasteiger partial charge in [-0.2, -0.15) is 0 Å². The summed E-state index contributed by atoms with van der Waals surface area (Å²) in [4.78, 5) is 10.5. The van der Waals surface area contributed by atoms with Crippen molar-refractivity contribution in [2.75, 3.05) is 5.75 Å². The Balaban J connectivity index is 0.00000225. The molecule has 0 radical (unpaired) electrons. The van der Waals surface area contributed by atoms with E-state index in [1.807, 2.05) is 6.07 Å². The molecular formula is C10H14ClNO3S. The van der Waals surface area contributed by atoms with Gasteiger partial charge in [-0.3, -0.25) is 4.79 Å². The Kier molecular flexibility index (Phi) is 6.06. The molecule has 2 N–H and O–H groups in total. The van der Waals surface area contributed by atoms with Crippen LogP contribution in [0.3, 0.4) is 0 Å². The van der Waals surface area contributed by atoms with Gasteiger partial charge in [0.2, 0.25) is 5.91 Å². The van der Waals surface area contributed by atoms with E-state index in [0.717, 1.165) is 5.56 Å². The third kappa shape index (κ3) is 5.72. The van der Waals surface area contributed by atoms with Crippen molar-refractivity contribution in [2.45, 2.75) is 12.2 Å². The van der Waals surface area contributed by atoms with Gasteiger partial charge in [-0.25, -0.2) is 8.42 Å². The second-order valence-electron chi connectivity index (χ2n) is 3.29. The highest BCUT2D eigenvalue weighted by atomic mass is 35.5. The molecule has 4 nitrogen and oxygen atoms in total. The maximum Gasteiger partial charge on any atom is 0.218 e. The first-order valence-electron chi connectivity index (χ1n) is 4.52. The van der Waals surface area contributed by atoms with Crippen molar-refractivity contribution in [1.82, 2.24) is 0 Å². The summed E-state index contributed by atoms with van der Waals surface area (Å²) in [5.74, 6) is -0.815. The van der Waals surface area contributed by atoms with Crippen LogP contribution in [0.15, 0.2) is 30.3 Å². The molecule has 1 aromatic carbocycles. The van der Waals surface area contributed by atoms with Gasteiger partial charge in [0, 0.05) is 6.42 Å². The van der Waals surface area contributed by atoms with E-state index in [1.165, 1.54) is 0 Å². The first-order chi connectivity index (χ1) is 6.99. The van der Waals surface area contributed by atoms with Crippen molar-refractivity contribution in [3.63, 3.8) is 0 Å². The summed E-state index contributed by atoms with van der Waals surface area (Å²) >= 11 is 0. The largest absolute Gasteiger partial charge is 0.370 e. The molecule has 0 aliphatic rings. The van der Waals surface area contributed by atoms with Crippen molar-refractivity contribution in [1.29, 1.82) is 0 Å². The van der Waals surface area contributed by atoms with Crippen LogP contribution in [0.2, 0.25) is 0 Å². The van der Waals surface area contributed by atoms with Crippen molar-refractivity contribution in [2.24, 2.45) is 5.73 Å². The number of benzene rings is 1. The number of carbonyl (C=O) groups is 1. The highest BCUT2D eigenvalue weighted by molar-refractivity contribution is 7.90. The lowest BCUT2D eigenvalue weighted by atomic mass is 10.2. The van der Waals surface area contributed by atoms with E-state index < -0.39 is 15.7 Å². The molecule has 16 heavy (non-hydrogen) atoms. The zero-order valence-electron chi connectivity index (χ0n) is 8.63. The van der Waals surface area contributed by atoms with Gasteiger partial charge in [-0.1, -0.05) is 30.3 Å². The van der Waals surface area contributed by atoms with Crippen LogP contribution in [-0.4, -0.2) is 20.1 Å². The Morgan fingerprint density at radius 3 is 2.25 bits per heavy atom. The summed E-state index contributed by atoms with van der Waals surface area (Å²) in [7, 11) is -3.23. The summed E-state index contributed by atoms with van der Waals surface area (Å²) in [6.07, 6.45) is -0.116.